The van der Waals surface area contributed by atoms with Gasteiger partial charge in [-0.05, 0) is 62.6 Å². The van der Waals surface area contributed by atoms with E-state index in [-0.39, 0.29) is 17.9 Å². The molecule has 0 aliphatic heterocycles. The van der Waals surface area contributed by atoms with Crippen molar-refractivity contribution >= 4 is 5.91 Å². The van der Waals surface area contributed by atoms with Crippen LogP contribution in [-0.4, -0.2) is 12.5 Å². The number of benzene rings is 1. The second-order valence-electron chi connectivity index (χ2n) is 6.28. The van der Waals surface area contributed by atoms with Crippen molar-refractivity contribution in [2.24, 2.45) is 17.6 Å². The standard InChI is InChI=1S/C18H28N2O/c1-3-14-4-8-16(9-5-14)13(2)20-18(21)17-10-6-15(12-19)7-11-17/h4-5,8-9,13,15,17H,3,6-7,10-12,19H2,1-2H3,(H,20,21). The van der Waals surface area contributed by atoms with Crippen molar-refractivity contribution in [3.63, 3.8) is 0 Å². The average molecular weight is 288 g/mol. The van der Waals surface area contributed by atoms with Crippen molar-refractivity contribution in [2.75, 3.05) is 6.54 Å². The second-order valence-corrected chi connectivity index (χ2v) is 6.28. The molecule has 0 spiro atoms. The van der Waals surface area contributed by atoms with Crippen LogP contribution in [0.15, 0.2) is 24.3 Å². The van der Waals surface area contributed by atoms with Crippen LogP contribution in [0.5, 0.6) is 0 Å². The Kier molecular flexibility index (Phi) is 5.80. The van der Waals surface area contributed by atoms with E-state index >= 15 is 0 Å². The zero-order valence-corrected chi connectivity index (χ0v) is 13.3. The molecule has 3 nitrogen and oxygen atoms in total. The minimum Gasteiger partial charge on any atom is -0.349 e. The number of nitrogens with one attached hydrogen (secondary N) is 1. The summed E-state index contributed by atoms with van der Waals surface area (Å²) in [5.41, 5.74) is 8.21. The first-order valence-electron chi connectivity index (χ1n) is 8.23. The fraction of sp³-hybridized carbons (Fsp3) is 0.611. The van der Waals surface area contributed by atoms with Gasteiger partial charge in [-0.2, -0.15) is 0 Å². The Balaban J connectivity index is 1.86. The first kappa shape index (κ1) is 16.0. The van der Waals surface area contributed by atoms with Gasteiger partial charge in [-0.1, -0.05) is 31.2 Å². The van der Waals surface area contributed by atoms with E-state index in [1.807, 2.05) is 0 Å². The molecule has 0 bridgehead atoms. The Labute approximate surface area is 128 Å². The molecular formula is C18H28N2O. The fourth-order valence-corrected chi connectivity index (χ4v) is 3.12. The maximum atomic E-state index is 12.4. The van der Waals surface area contributed by atoms with Crippen LogP contribution in [0.1, 0.15) is 56.7 Å². The van der Waals surface area contributed by atoms with Crippen LogP contribution in [0.3, 0.4) is 0 Å². The van der Waals surface area contributed by atoms with Crippen LogP contribution in [0.4, 0.5) is 0 Å². The molecule has 0 radical (unpaired) electrons. The molecule has 0 heterocycles. The third-order valence-corrected chi connectivity index (χ3v) is 4.80. The van der Waals surface area contributed by atoms with Gasteiger partial charge in [0.25, 0.3) is 0 Å². The number of carbonyl (C=O) groups is 1. The minimum absolute atomic E-state index is 0.0793. The largest absolute Gasteiger partial charge is 0.349 e. The molecule has 0 aromatic heterocycles. The molecule has 1 aromatic rings. The van der Waals surface area contributed by atoms with Crippen LogP contribution in [-0.2, 0) is 11.2 Å². The molecule has 1 atom stereocenters. The van der Waals surface area contributed by atoms with Crippen molar-refractivity contribution in [1.82, 2.24) is 5.32 Å². The average Bonchev–Trinajstić information content (AvgIpc) is 2.55. The highest BCUT2D eigenvalue weighted by atomic mass is 16.1. The van der Waals surface area contributed by atoms with E-state index in [1.165, 1.54) is 11.1 Å². The fourth-order valence-electron chi connectivity index (χ4n) is 3.12. The molecule has 1 amide bonds. The van der Waals surface area contributed by atoms with Crippen molar-refractivity contribution in [2.45, 2.75) is 52.0 Å². The zero-order chi connectivity index (χ0) is 15.2. The Bertz CT molecular complexity index is 447. The van der Waals surface area contributed by atoms with E-state index < -0.39 is 0 Å². The summed E-state index contributed by atoms with van der Waals surface area (Å²) in [6.07, 6.45) is 5.19. The Morgan fingerprint density at radius 3 is 2.38 bits per heavy atom. The smallest absolute Gasteiger partial charge is 0.223 e. The Morgan fingerprint density at radius 1 is 1.24 bits per heavy atom. The van der Waals surface area contributed by atoms with Crippen molar-refractivity contribution in [3.05, 3.63) is 35.4 Å². The van der Waals surface area contributed by atoms with E-state index in [9.17, 15) is 4.79 Å². The van der Waals surface area contributed by atoms with E-state index in [0.717, 1.165) is 38.6 Å². The van der Waals surface area contributed by atoms with Gasteiger partial charge in [0.05, 0.1) is 6.04 Å². The summed E-state index contributed by atoms with van der Waals surface area (Å²) >= 11 is 0. The van der Waals surface area contributed by atoms with Gasteiger partial charge >= 0.3 is 0 Å². The number of amides is 1. The molecule has 2 rings (SSSR count). The Morgan fingerprint density at radius 2 is 1.86 bits per heavy atom. The summed E-state index contributed by atoms with van der Waals surface area (Å²) in [5.74, 6) is 0.996. The van der Waals surface area contributed by atoms with E-state index in [2.05, 4.69) is 43.4 Å². The number of hydrogen-bond donors (Lipinski definition) is 2. The molecule has 116 valence electrons. The zero-order valence-electron chi connectivity index (χ0n) is 13.3. The second kappa shape index (κ2) is 7.60. The number of hydrogen-bond acceptors (Lipinski definition) is 2. The molecule has 1 fully saturated rings. The molecule has 1 saturated carbocycles. The molecule has 21 heavy (non-hydrogen) atoms. The van der Waals surface area contributed by atoms with Gasteiger partial charge in [0.15, 0.2) is 0 Å². The van der Waals surface area contributed by atoms with Crippen LogP contribution in [0.2, 0.25) is 0 Å². The molecule has 1 aliphatic rings. The van der Waals surface area contributed by atoms with Crippen LogP contribution in [0.25, 0.3) is 0 Å². The molecule has 3 N–H and O–H groups in total. The maximum absolute atomic E-state index is 12.4. The topological polar surface area (TPSA) is 55.1 Å². The van der Waals surface area contributed by atoms with Crippen molar-refractivity contribution < 1.29 is 4.79 Å². The first-order valence-corrected chi connectivity index (χ1v) is 8.23. The quantitative estimate of drug-likeness (QED) is 0.874. The van der Waals surface area contributed by atoms with Gasteiger partial charge in [-0.15, -0.1) is 0 Å². The SMILES string of the molecule is CCc1ccc(C(C)NC(=O)C2CCC(CN)CC2)cc1. The van der Waals surface area contributed by atoms with Crippen molar-refractivity contribution in [3.8, 4) is 0 Å². The van der Waals surface area contributed by atoms with Gasteiger partial charge in [0.2, 0.25) is 5.91 Å². The molecule has 3 heteroatoms. The number of aryl methyl sites for hydroxylation is 1. The van der Waals surface area contributed by atoms with Gasteiger partial charge in [-0.3, -0.25) is 4.79 Å². The lowest BCUT2D eigenvalue weighted by Gasteiger charge is -2.28. The predicted molar refractivity (Wildman–Crippen MR) is 86.9 cm³/mol. The van der Waals surface area contributed by atoms with Gasteiger partial charge < -0.3 is 11.1 Å². The molecule has 0 saturated heterocycles. The lowest BCUT2D eigenvalue weighted by Crippen LogP contribution is -2.35. The van der Waals surface area contributed by atoms with E-state index in [0.29, 0.717) is 5.92 Å². The van der Waals surface area contributed by atoms with Crippen molar-refractivity contribution in [1.29, 1.82) is 0 Å². The first-order chi connectivity index (χ1) is 10.1. The Hall–Kier alpha value is -1.35. The van der Waals surface area contributed by atoms with Crippen LogP contribution < -0.4 is 11.1 Å². The lowest BCUT2D eigenvalue weighted by molar-refractivity contribution is -0.126. The monoisotopic (exact) mass is 288 g/mol. The number of rotatable bonds is 5. The number of nitrogens with two attached hydrogens (primary N) is 1. The summed E-state index contributed by atoms with van der Waals surface area (Å²) < 4.78 is 0. The molecular weight excluding hydrogens is 260 g/mol. The van der Waals surface area contributed by atoms with E-state index in [4.69, 9.17) is 5.73 Å². The summed E-state index contributed by atoms with van der Waals surface area (Å²) in [6.45, 7) is 4.97. The lowest BCUT2D eigenvalue weighted by atomic mass is 9.81. The molecule has 1 aromatic carbocycles. The summed E-state index contributed by atoms with van der Waals surface area (Å²) in [5, 5.41) is 3.17. The normalized spacial score (nSPS) is 23.6. The van der Waals surface area contributed by atoms with Gasteiger partial charge in [0, 0.05) is 5.92 Å². The predicted octanol–water partition coefficient (Wildman–Crippen LogP) is 3.19. The maximum Gasteiger partial charge on any atom is 0.223 e. The highest BCUT2D eigenvalue weighted by Crippen LogP contribution is 2.28. The number of carbonyl (C=O) groups excluding carboxylic acids is 1. The molecule has 1 aliphatic carbocycles. The van der Waals surface area contributed by atoms with Crippen LogP contribution >= 0.6 is 0 Å². The molecule has 1 unspecified atom stereocenters. The summed E-state index contributed by atoms with van der Waals surface area (Å²) in [6, 6.07) is 8.61. The highest BCUT2D eigenvalue weighted by Gasteiger charge is 2.26. The third kappa shape index (κ3) is 4.31. The highest BCUT2D eigenvalue weighted by molar-refractivity contribution is 5.79. The van der Waals surface area contributed by atoms with E-state index in [1.54, 1.807) is 0 Å². The van der Waals surface area contributed by atoms with Crippen LogP contribution in [0, 0.1) is 11.8 Å². The third-order valence-electron chi connectivity index (χ3n) is 4.80. The summed E-state index contributed by atoms with van der Waals surface area (Å²) in [4.78, 5) is 12.4. The minimum atomic E-state index is 0.0793. The van der Waals surface area contributed by atoms with Gasteiger partial charge in [0.1, 0.15) is 0 Å². The summed E-state index contributed by atoms with van der Waals surface area (Å²) in [7, 11) is 0. The van der Waals surface area contributed by atoms with Gasteiger partial charge in [-0.25, -0.2) is 0 Å².